The Kier molecular flexibility index (Phi) is 8.03. The second-order valence-electron chi connectivity index (χ2n) is 7.75. The predicted molar refractivity (Wildman–Crippen MR) is 114 cm³/mol. The van der Waals surface area contributed by atoms with Gasteiger partial charge >= 0.3 is 0 Å². The van der Waals surface area contributed by atoms with Crippen LogP contribution in [-0.2, 0) is 37.0 Å². The second kappa shape index (κ2) is 10.7. The minimum Gasteiger partial charge on any atom is -0.497 e. The molecule has 0 amide bonds. The Hall–Kier alpha value is -2.45. The number of carbonyl (C=O) groups excluding carboxylic acids is 1. The largest absolute Gasteiger partial charge is 0.497 e. The summed E-state index contributed by atoms with van der Waals surface area (Å²) in [5.74, 6) is 0.786. The van der Waals surface area contributed by atoms with Gasteiger partial charge in [0.25, 0.3) is 0 Å². The van der Waals surface area contributed by atoms with E-state index in [9.17, 15) is 4.79 Å². The van der Waals surface area contributed by atoms with Crippen molar-refractivity contribution in [2.45, 2.75) is 51.2 Å². The molecule has 3 atom stereocenters. The first-order valence-corrected chi connectivity index (χ1v) is 10.2. The van der Waals surface area contributed by atoms with Gasteiger partial charge in [0.2, 0.25) is 0 Å². The molecule has 0 bridgehead atoms. The fraction of sp³-hybridized carbons (Fsp3) is 0.458. The Labute approximate surface area is 183 Å². The molecule has 1 saturated heterocycles. The SMILES string of the molecule is COc1ccc(CO[C@@H]([C@@H](C=O)OCc2ccc(OC)cc2)[C@H]2COC(C)(C)O2)cc1. The number of benzene rings is 2. The second-order valence-corrected chi connectivity index (χ2v) is 7.75. The normalized spacial score (nSPS) is 19.5. The molecular formula is C24H30O7. The van der Waals surface area contributed by atoms with E-state index in [0.717, 1.165) is 28.9 Å². The maximum Gasteiger partial charge on any atom is 0.163 e. The summed E-state index contributed by atoms with van der Waals surface area (Å²) in [6, 6.07) is 15.1. The van der Waals surface area contributed by atoms with E-state index >= 15 is 0 Å². The van der Waals surface area contributed by atoms with Crippen LogP contribution in [0, 0.1) is 0 Å². The van der Waals surface area contributed by atoms with E-state index in [0.29, 0.717) is 13.2 Å². The number of methoxy groups -OCH3 is 2. The van der Waals surface area contributed by atoms with Crippen LogP contribution in [0.25, 0.3) is 0 Å². The molecule has 0 unspecified atom stereocenters. The van der Waals surface area contributed by atoms with Crippen LogP contribution in [0.4, 0.5) is 0 Å². The molecule has 2 aromatic rings. The van der Waals surface area contributed by atoms with E-state index in [1.807, 2.05) is 62.4 Å². The molecule has 0 radical (unpaired) electrons. The highest BCUT2D eigenvalue weighted by Crippen LogP contribution is 2.28. The number of hydrogen-bond donors (Lipinski definition) is 0. The van der Waals surface area contributed by atoms with Crippen LogP contribution in [-0.4, -0.2) is 51.2 Å². The Morgan fingerprint density at radius 1 is 0.935 bits per heavy atom. The Balaban J connectivity index is 1.68. The molecule has 1 aliphatic heterocycles. The van der Waals surface area contributed by atoms with E-state index < -0.39 is 24.1 Å². The van der Waals surface area contributed by atoms with Crippen LogP contribution < -0.4 is 9.47 Å². The summed E-state index contributed by atoms with van der Waals surface area (Å²) in [4.78, 5) is 11.9. The summed E-state index contributed by atoms with van der Waals surface area (Å²) in [7, 11) is 3.24. The molecule has 3 rings (SSSR count). The summed E-state index contributed by atoms with van der Waals surface area (Å²) in [5.41, 5.74) is 1.87. The zero-order valence-corrected chi connectivity index (χ0v) is 18.4. The van der Waals surface area contributed by atoms with Gasteiger partial charge in [-0.15, -0.1) is 0 Å². The minimum atomic E-state index is -0.817. The molecule has 7 heteroatoms. The zero-order valence-electron chi connectivity index (χ0n) is 18.4. The van der Waals surface area contributed by atoms with Gasteiger partial charge in [0, 0.05) is 0 Å². The van der Waals surface area contributed by atoms with Gasteiger partial charge in [-0.05, 0) is 49.2 Å². The van der Waals surface area contributed by atoms with Crippen LogP contribution in [0.5, 0.6) is 11.5 Å². The third-order valence-electron chi connectivity index (χ3n) is 5.06. The standard InChI is InChI=1S/C24H30O7/c1-24(2)30-16-22(31-24)23(29-15-18-7-11-20(27-4)12-8-18)21(13-25)28-14-17-5-9-19(26-3)10-6-17/h5-13,21-23H,14-16H2,1-4H3/t21-,22-,23+/m1/s1. The summed E-state index contributed by atoms with van der Waals surface area (Å²) >= 11 is 0. The number of carbonyl (C=O) groups is 1. The monoisotopic (exact) mass is 430 g/mol. The molecule has 0 spiro atoms. The van der Waals surface area contributed by atoms with Crippen molar-refractivity contribution in [1.82, 2.24) is 0 Å². The topological polar surface area (TPSA) is 72.5 Å². The highest BCUT2D eigenvalue weighted by Gasteiger charge is 2.41. The molecule has 0 N–H and O–H groups in total. The van der Waals surface area contributed by atoms with Gasteiger partial charge in [-0.25, -0.2) is 0 Å². The highest BCUT2D eigenvalue weighted by molar-refractivity contribution is 5.57. The lowest BCUT2D eigenvalue weighted by Gasteiger charge is -2.28. The first-order chi connectivity index (χ1) is 14.9. The van der Waals surface area contributed by atoms with Crippen molar-refractivity contribution in [2.24, 2.45) is 0 Å². The predicted octanol–water partition coefficient (Wildman–Crippen LogP) is 3.52. The molecule has 7 nitrogen and oxygen atoms in total. The molecule has 1 fully saturated rings. The van der Waals surface area contributed by atoms with Crippen LogP contribution in [0.1, 0.15) is 25.0 Å². The van der Waals surface area contributed by atoms with Crippen LogP contribution in [0.2, 0.25) is 0 Å². The third-order valence-corrected chi connectivity index (χ3v) is 5.06. The molecule has 0 aliphatic carbocycles. The summed E-state index contributed by atoms with van der Waals surface area (Å²) in [6.45, 7) is 4.54. The quantitative estimate of drug-likeness (QED) is 0.505. The lowest BCUT2D eigenvalue weighted by Crippen LogP contribution is -2.44. The van der Waals surface area contributed by atoms with Gasteiger partial charge < -0.3 is 33.2 Å². The molecule has 168 valence electrons. The van der Waals surface area contributed by atoms with Crippen molar-refractivity contribution in [3.63, 3.8) is 0 Å². The lowest BCUT2D eigenvalue weighted by molar-refractivity contribution is -0.179. The smallest absolute Gasteiger partial charge is 0.163 e. The number of rotatable bonds is 11. The van der Waals surface area contributed by atoms with Gasteiger partial charge in [0.1, 0.15) is 29.8 Å². The third kappa shape index (κ3) is 6.51. The van der Waals surface area contributed by atoms with Crippen molar-refractivity contribution in [2.75, 3.05) is 20.8 Å². The van der Waals surface area contributed by atoms with E-state index in [1.165, 1.54) is 0 Å². The van der Waals surface area contributed by atoms with E-state index in [4.69, 9.17) is 28.4 Å². The van der Waals surface area contributed by atoms with Gasteiger partial charge in [-0.3, -0.25) is 0 Å². The molecule has 0 saturated carbocycles. The van der Waals surface area contributed by atoms with Crippen molar-refractivity contribution in [3.05, 3.63) is 59.7 Å². The van der Waals surface area contributed by atoms with Crippen molar-refractivity contribution < 1.29 is 33.2 Å². The van der Waals surface area contributed by atoms with Crippen molar-refractivity contribution in [3.8, 4) is 11.5 Å². The Morgan fingerprint density at radius 2 is 1.45 bits per heavy atom. The highest BCUT2D eigenvalue weighted by atomic mass is 16.8. The van der Waals surface area contributed by atoms with Crippen molar-refractivity contribution in [1.29, 1.82) is 0 Å². The van der Waals surface area contributed by atoms with Crippen LogP contribution in [0.15, 0.2) is 48.5 Å². The van der Waals surface area contributed by atoms with Gasteiger partial charge in [-0.1, -0.05) is 24.3 Å². The number of hydrogen-bond acceptors (Lipinski definition) is 7. The fourth-order valence-corrected chi connectivity index (χ4v) is 3.33. The van der Waals surface area contributed by atoms with Crippen LogP contribution >= 0.6 is 0 Å². The first kappa shape index (κ1) is 23.2. The molecule has 1 aliphatic rings. The van der Waals surface area contributed by atoms with E-state index in [-0.39, 0.29) is 6.61 Å². The maximum atomic E-state index is 11.9. The first-order valence-electron chi connectivity index (χ1n) is 10.2. The molecule has 31 heavy (non-hydrogen) atoms. The molecule has 2 aromatic carbocycles. The number of ether oxygens (including phenoxy) is 6. The summed E-state index contributed by atoms with van der Waals surface area (Å²) in [6.07, 6.45) is -1.11. The molecular weight excluding hydrogens is 400 g/mol. The Bertz CT molecular complexity index is 817. The van der Waals surface area contributed by atoms with Crippen molar-refractivity contribution >= 4 is 6.29 Å². The van der Waals surface area contributed by atoms with Gasteiger partial charge in [-0.2, -0.15) is 0 Å². The van der Waals surface area contributed by atoms with E-state index in [2.05, 4.69) is 0 Å². The molecule has 0 aromatic heterocycles. The maximum absolute atomic E-state index is 11.9. The zero-order chi connectivity index (χ0) is 22.3. The summed E-state index contributed by atoms with van der Waals surface area (Å²) in [5, 5.41) is 0. The lowest BCUT2D eigenvalue weighted by atomic mass is 10.1. The van der Waals surface area contributed by atoms with Gasteiger partial charge in [0.15, 0.2) is 12.1 Å². The van der Waals surface area contributed by atoms with Crippen LogP contribution in [0.3, 0.4) is 0 Å². The fourth-order valence-electron chi connectivity index (χ4n) is 3.33. The average molecular weight is 430 g/mol. The average Bonchev–Trinajstić information content (AvgIpc) is 3.16. The Morgan fingerprint density at radius 3 is 1.87 bits per heavy atom. The molecule has 1 heterocycles. The van der Waals surface area contributed by atoms with E-state index in [1.54, 1.807) is 14.2 Å². The number of aldehydes is 1. The summed E-state index contributed by atoms with van der Waals surface area (Å²) < 4.78 is 34.1. The minimum absolute atomic E-state index is 0.257. The van der Waals surface area contributed by atoms with Gasteiger partial charge in [0.05, 0.1) is 34.0 Å².